The third-order valence-corrected chi connectivity index (χ3v) is 3.87. The van der Waals surface area contributed by atoms with E-state index in [0.29, 0.717) is 5.56 Å². The fraction of sp³-hybridized carbons (Fsp3) is 0.182. The number of benzene rings is 2. The van der Waals surface area contributed by atoms with Crippen molar-refractivity contribution in [2.45, 2.75) is 19.4 Å². The lowest BCUT2D eigenvalue weighted by atomic mass is 10.2. The SMILES string of the molecule is C[C@H](OC(=O)CCNC(=O)/C=C/c1ccccc1)C(=O)NNC(=O)c1ccccc1. The molecular formula is C22H23N3O5. The maximum Gasteiger partial charge on any atom is 0.308 e. The third-order valence-electron chi connectivity index (χ3n) is 3.87. The van der Waals surface area contributed by atoms with Crippen LogP contribution >= 0.6 is 0 Å². The fourth-order valence-electron chi connectivity index (χ4n) is 2.27. The average molecular weight is 409 g/mol. The Bertz CT molecular complexity index is 898. The molecule has 8 heteroatoms. The van der Waals surface area contributed by atoms with Gasteiger partial charge in [-0.3, -0.25) is 30.0 Å². The van der Waals surface area contributed by atoms with E-state index in [1.807, 2.05) is 30.3 Å². The monoisotopic (exact) mass is 409 g/mol. The Morgan fingerprint density at radius 3 is 2.23 bits per heavy atom. The van der Waals surface area contributed by atoms with E-state index in [0.717, 1.165) is 5.56 Å². The largest absolute Gasteiger partial charge is 0.452 e. The first kappa shape index (κ1) is 22.4. The zero-order valence-corrected chi connectivity index (χ0v) is 16.5. The van der Waals surface area contributed by atoms with Crippen LogP contribution in [0.15, 0.2) is 66.7 Å². The molecule has 3 amide bonds. The Morgan fingerprint density at radius 2 is 1.57 bits per heavy atom. The zero-order valence-electron chi connectivity index (χ0n) is 16.5. The van der Waals surface area contributed by atoms with Gasteiger partial charge in [0.15, 0.2) is 6.10 Å². The standard InChI is InChI=1S/C22H23N3O5/c1-16(21(28)24-25-22(29)18-10-6-3-7-11-18)30-20(27)14-15-23-19(26)13-12-17-8-4-2-5-9-17/h2-13,16H,14-15H2,1H3,(H,23,26)(H,24,28)(H,25,29)/b13-12+/t16-/m0/s1. The molecular weight excluding hydrogens is 386 g/mol. The molecule has 0 saturated carbocycles. The Morgan fingerprint density at radius 1 is 0.933 bits per heavy atom. The lowest BCUT2D eigenvalue weighted by molar-refractivity contribution is -0.155. The Kier molecular flexibility index (Phi) is 8.79. The zero-order chi connectivity index (χ0) is 21.8. The maximum absolute atomic E-state index is 11.9. The number of esters is 1. The van der Waals surface area contributed by atoms with E-state index in [1.54, 1.807) is 36.4 Å². The number of carbonyl (C=O) groups is 4. The number of ether oxygens (including phenoxy) is 1. The molecule has 0 aliphatic rings. The molecule has 30 heavy (non-hydrogen) atoms. The highest BCUT2D eigenvalue weighted by Crippen LogP contribution is 2.01. The van der Waals surface area contributed by atoms with Gasteiger partial charge in [-0.25, -0.2) is 0 Å². The molecule has 0 radical (unpaired) electrons. The summed E-state index contributed by atoms with van der Waals surface area (Å²) in [7, 11) is 0. The van der Waals surface area contributed by atoms with Crippen LogP contribution in [0.3, 0.4) is 0 Å². The molecule has 2 aromatic carbocycles. The minimum absolute atomic E-state index is 0.0654. The molecule has 0 aliphatic heterocycles. The number of rotatable bonds is 8. The quantitative estimate of drug-likeness (QED) is 0.348. The van der Waals surface area contributed by atoms with Gasteiger partial charge in [-0.2, -0.15) is 0 Å². The molecule has 2 aromatic rings. The van der Waals surface area contributed by atoms with Crippen molar-refractivity contribution in [1.29, 1.82) is 0 Å². The minimum Gasteiger partial charge on any atom is -0.452 e. The molecule has 8 nitrogen and oxygen atoms in total. The van der Waals surface area contributed by atoms with E-state index >= 15 is 0 Å². The predicted molar refractivity (Wildman–Crippen MR) is 111 cm³/mol. The number of hydrogen-bond acceptors (Lipinski definition) is 5. The summed E-state index contributed by atoms with van der Waals surface area (Å²) < 4.78 is 4.99. The summed E-state index contributed by atoms with van der Waals surface area (Å²) >= 11 is 0. The van der Waals surface area contributed by atoms with Crippen LogP contribution in [0.5, 0.6) is 0 Å². The van der Waals surface area contributed by atoms with E-state index in [4.69, 9.17) is 4.74 Å². The number of hydrazine groups is 1. The molecule has 0 saturated heterocycles. The summed E-state index contributed by atoms with van der Waals surface area (Å²) in [6.07, 6.45) is 1.82. The molecule has 156 valence electrons. The second kappa shape index (κ2) is 11.8. The smallest absolute Gasteiger partial charge is 0.308 e. The normalized spacial score (nSPS) is 11.4. The number of amides is 3. The van der Waals surface area contributed by atoms with Crippen LogP contribution < -0.4 is 16.2 Å². The molecule has 2 rings (SSSR count). The fourth-order valence-corrected chi connectivity index (χ4v) is 2.27. The van der Waals surface area contributed by atoms with Crippen LogP contribution in [0.2, 0.25) is 0 Å². The Balaban J connectivity index is 1.64. The van der Waals surface area contributed by atoms with Gasteiger partial charge in [0, 0.05) is 18.2 Å². The van der Waals surface area contributed by atoms with Gasteiger partial charge in [0.25, 0.3) is 11.8 Å². The van der Waals surface area contributed by atoms with Crippen molar-refractivity contribution < 1.29 is 23.9 Å². The van der Waals surface area contributed by atoms with Crippen molar-refractivity contribution in [1.82, 2.24) is 16.2 Å². The minimum atomic E-state index is -1.11. The lowest BCUT2D eigenvalue weighted by Gasteiger charge is -2.14. The van der Waals surface area contributed by atoms with E-state index in [1.165, 1.54) is 13.0 Å². The van der Waals surface area contributed by atoms with Gasteiger partial charge in [0.05, 0.1) is 6.42 Å². The molecule has 0 unspecified atom stereocenters. The summed E-state index contributed by atoms with van der Waals surface area (Å²) in [5.41, 5.74) is 5.70. The van der Waals surface area contributed by atoms with Crippen LogP contribution in [0.25, 0.3) is 6.08 Å². The predicted octanol–water partition coefficient (Wildman–Crippen LogP) is 1.60. The molecule has 0 bridgehead atoms. The number of hydrogen-bond donors (Lipinski definition) is 3. The van der Waals surface area contributed by atoms with E-state index < -0.39 is 23.9 Å². The summed E-state index contributed by atoms with van der Waals surface area (Å²) in [5.74, 6) is -2.17. The van der Waals surface area contributed by atoms with Crippen LogP contribution in [-0.2, 0) is 19.1 Å². The molecule has 0 aromatic heterocycles. The van der Waals surface area contributed by atoms with Crippen LogP contribution in [0, 0.1) is 0 Å². The van der Waals surface area contributed by atoms with E-state index in [9.17, 15) is 19.2 Å². The van der Waals surface area contributed by atoms with Crippen LogP contribution in [-0.4, -0.2) is 36.3 Å². The first-order valence-corrected chi connectivity index (χ1v) is 9.31. The van der Waals surface area contributed by atoms with Crippen molar-refractivity contribution in [3.05, 3.63) is 77.9 Å². The highest BCUT2D eigenvalue weighted by molar-refractivity contribution is 5.96. The molecule has 0 heterocycles. The number of carbonyl (C=O) groups excluding carboxylic acids is 4. The highest BCUT2D eigenvalue weighted by atomic mass is 16.5. The van der Waals surface area contributed by atoms with E-state index in [-0.39, 0.29) is 18.9 Å². The summed E-state index contributed by atoms with van der Waals surface area (Å²) in [6.45, 7) is 1.44. The maximum atomic E-state index is 11.9. The Labute approximate surface area is 174 Å². The van der Waals surface area contributed by atoms with Gasteiger partial charge in [-0.15, -0.1) is 0 Å². The summed E-state index contributed by atoms with van der Waals surface area (Å²) in [4.78, 5) is 47.4. The molecule has 0 spiro atoms. The summed E-state index contributed by atoms with van der Waals surface area (Å²) in [6, 6.07) is 17.6. The van der Waals surface area contributed by atoms with Gasteiger partial charge in [0.1, 0.15) is 0 Å². The van der Waals surface area contributed by atoms with Gasteiger partial charge in [-0.1, -0.05) is 48.5 Å². The van der Waals surface area contributed by atoms with Crippen molar-refractivity contribution in [3.63, 3.8) is 0 Å². The van der Waals surface area contributed by atoms with Crippen molar-refractivity contribution in [2.75, 3.05) is 6.54 Å². The topological polar surface area (TPSA) is 114 Å². The number of nitrogens with one attached hydrogen (secondary N) is 3. The highest BCUT2D eigenvalue weighted by Gasteiger charge is 2.18. The second-order valence-corrected chi connectivity index (χ2v) is 6.23. The molecule has 0 aliphatic carbocycles. The first-order valence-electron chi connectivity index (χ1n) is 9.31. The van der Waals surface area contributed by atoms with Crippen molar-refractivity contribution in [2.24, 2.45) is 0 Å². The molecule has 0 fully saturated rings. The Hall–Kier alpha value is -3.94. The van der Waals surface area contributed by atoms with Crippen molar-refractivity contribution >= 4 is 29.8 Å². The second-order valence-electron chi connectivity index (χ2n) is 6.23. The first-order chi connectivity index (χ1) is 14.5. The van der Waals surface area contributed by atoms with E-state index in [2.05, 4.69) is 16.2 Å². The summed E-state index contributed by atoms with van der Waals surface area (Å²) in [5, 5.41) is 2.56. The van der Waals surface area contributed by atoms with Crippen LogP contribution in [0.4, 0.5) is 0 Å². The van der Waals surface area contributed by atoms with Gasteiger partial charge in [0.2, 0.25) is 5.91 Å². The van der Waals surface area contributed by atoms with Gasteiger partial charge in [-0.05, 0) is 30.7 Å². The van der Waals surface area contributed by atoms with Gasteiger partial charge < -0.3 is 10.1 Å². The molecule has 3 N–H and O–H groups in total. The van der Waals surface area contributed by atoms with Crippen LogP contribution in [0.1, 0.15) is 29.3 Å². The lowest BCUT2D eigenvalue weighted by Crippen LogP contribution is -2.46. The third kappa shape index (κ3) is 7.97. The van der Waals surface area contributed by atoms with Crippen molar-refractivity contribution in [3.8, 4) is 0 Å². The average Bonchev–Trinajstić information content (AvgIpc) is 2.77. The molecule has 1 atom stereocenters. The van der Waals surface area contributed by atoms with Gasteiger partial charge >= 0.3 is 5.97 Å².